The molecule has 5 heteroatoms. The zero-order chi connectivity index (χ0) is 13.7. The molecule has 0 radical (unpaired) electrons. The number of nitrogens with one attached hydrogen (secondary N) is 1. The van der Waals surface area contributed by atoms with Crippen LogP contribution >= 0.6 is 0 Å². The van der Waals surface area contributed by atoms with Crippen molar-refractivity contribution in [2.75, 3.05) is 6.54 Å². The number of hydrogen-bond donors (Lipinski definition) is 1. The van der Waals surface area contributed by atoms with Crippen molar-refractivity contribution in [3.63, 3.8) is 0 Å². The molecule has 18 heavy (non-hydrogen) atoms. The average Bonchev–Trinajstić information content (AvgIpc) is 2.32. The number of pyridine rings is 1. The van der Waals surface area contributed by atoms with Crippen LogP contribution in [0.5, 0.6) is 0 Å². The Morgan fingerprint density at radius 3 is 2.61 bits per heavy atom. The van der Waals surface area contributed by atoms with E-state index in [2.05, 4.69) is 31.1 Å². The van der Waals surface area contributed by atoms with Gasteiger partial charge in [0.15, 0.2) is 0 Å². The Labute approximate surface area is 108 Å². The van der Waals surface area contributed by atoms with Crippen LogP contribution in [0.2, 0.25) is 0 Å². The minimum atomic E-state index is -0.404. The second-order valence-corrected chi connectivity index (χ2v) is 4.51. The van der Waals surface area contributed by atoms with Crippen LogP contribution in [0.3, 0.4) is 0 Å². The normalized spacial score (nSPS) is 14.2. The summed E-state index contributed by atoms with van der Waals surface area (Å²) in [7, 11) is 0. The van der Waals surface area contributed by atoms with Crippen molar-refractivity contribution in [2.45, 2.75) is 46.1 Å². The van der Waals surface area contributed by atoms with Crippen LogP contribution in [0.15, 0.2) is 12.3 Å². The molecule has 0 saturated heterocycles. The van der Waals surface area contributed by atoms with Crippen LogP contribution in [0.25, 0.3) is 0 Å². The highest BCUT2D eigenvalue weighted by molar-refractivity contribution is 5.35. The van der Waals surface area contributed by atoms with Gasteiger partial charge in [0.1, 0.15) is 6.20 Å². The molecule has 1 aromatic rings. The molecule has 0 spiro atoms. The summed E-state index contributed by atoms with van der Waals surface area (Å²) in [5.74, 6) is 0.283. The second-order valence-electron chi connectivity index (χ2n) is 4.51. The quantitative estimate of drug-likeness (QED) is 0.623. The molecule has 1 aromatic heterocycles. The van der Waals surface area contributed by atoms with Gasteiger partial charge in [-0.1, -0.05) is 13.8 Å². The SMILES string of the molecule is CCNC(C)C(CC)c1ncc([N+](=O)[O-])cc1C. The van der Waals surface area contributed by atoms with E-state index in [-0.39, 0.29) is 11.6 Å². The first-order chi connectivity index (χ1) is 8.51. The lowest BCUT2D eigenvalue weighted by atomic mass is 9.91. The fraction of sp³-hybridized carbons (Fsp3) is 0.615. The third-order valence-electron chi connectivity index (χ3n) is 3.24. The number of nitrogens with zero attached hydrogens (tertiary/aromatic N) is 2. The summed E-state index contributed by atoms with van der Waals surface area (Å²) in [6.45, 7) is 9.10. The monoisotopic (exact) mass is 251 g/mol. The third kappa shape index (κ3) is 3.26. The van der Waals surface area contributed by atoms with Crippen molar-refractivity contribution < 1.29 is 4.92 Å². The predicted molar refractivity (Wildman–Crippen MR) is 71.8 cm³/mol. The molecule has 0 aliphatic carbocycles. The van der Waals surface area contributed by atoms with Gasteiger partial charge in [0.05, 0.1) is 4.92 Å². The van der Waals surface area contributed by atoms with Crippen LogP contribution in [-0.4, -0.2) is 22.5 Å². The maximum Gasteiger partial charge on any atom is 0.287 e. The largest absolute Gasteiger partial charge is 0.314 e. The molecule has 0 amide bonds. The molecule has 1 rings (SSSR count). The van der Waals surface area contributed by atoms with Crippen LogP contribution in [-0.2, 0) is 0 Å². The molecular weight excluding hydrogens is 230 g/mol. The van der Waals surface area contributed by atoms with Crippen molar-refractivity contribution in [1.29, 1.82) is 0 Å². The minimum absolute atomic E-state index is 0.0576. The van der Waals surface area contributed by atoms with Crippen molar-refractivity contribution in [2.24, 2.45) is 0 Å². The highest BCUT2D eigenvalue weighted by Crippen LogP contribution is 2.26. The minimum Gasteiger partial charge on any atom is -0.314 e. The summed E-state index contributed by atoms with van der Waals surface area (Å²) < 4.78 is 0. The molecule has 0 aliphatic rings. The van der Waals surface area contributed by atoms with Crippen molar-refractivity contribution in [1.82, 2.24) is 10.3 Å². The molecule has 0 fully saturated rings. The van der Waals surface area contributed by atoms with Gasteiger partial charge < -0.3 is 5.32 Å². The molecule has 5 nitrogen and oxygen atoms in total. The van der Waals surface area contributed by atoms with Gasteiger partial charge >= 0.3 is 0 Å². The lowest BCUT2D eigenvalue weighted by Gasteiger charge is -2.24. The molecule has 2 atom stereocenters. The Morgan fingerprint density at radius 1 is 1.50 bits per heavy atom. The van der Waals surface area contributed by atoms with E-state index < -0.39 is 4.92 Å². The van der Waals surface area contributed by atoms with Gasteiger partial charge in [-0.15, -0.1) is 0 Å². The lowest BCUT2D eigenvalue weighted by molar-refractivity contribution is -0.385. The Hall–Kier alpha value is -1.49. The number of aryl methyl sites for hydroxylation is 1. The van der Waals surface area contributed by atoms with Crippen LogP contribution in [0.1, 0.15) is 44.4 Å². The van der Waals surface area contributed by atoms with Gasteiger partial charge in [0, 0.05) is 23.7 Å². The standard InChI is InChI=1S/C13H21N3O2/c1-5-12(10(4)14-6-2)13-9(3)7-11(8-15-13)16(17)18/h7-8,10,12,14H,5-6H2,1-4H3. The first kappa shape index (κ1) is 14.6. The Kier molecular flexibility index (Phi) is 5.22. The number of nitro groups is 1. The van der Waals surface area contributed by atoms with E-state index in [9.17, 15) is 10.1 Å². The van der Waals surface area contributed by atoms with Crippen molar-refractivity contribution in [3.05, 3.63) is 33.6 Å². The molecule has 0 bridgehead atoms. The summed E-state index contributed by atoms with van der Waals surface area (Å²) in [6.07, 6.45) is 2.31. The molecular formula is C13H21N3O2. The van der Waals surface area contributed by atoms with Crippen LogP contribution in [0, 0.1) is 17.0 Å². The molecule has 0 aliphatic heterocycles. The topological polar surface area (TPSA) is 68.1 Å². The van der Waals surface area contributed by atoms with Gasteiger partial charge in [-0.3, -0.25) is 15.1 Å². The Morgan fingerprint density at radius 2 is 2.17 bits per heavy atom. The van der Waals surface area contributed by atoms with Gasteiger partial charge in [-0.2, -0.15) is 0 Å². The van der Waals surface area contributed by atoms with E-state index in [0.717, 1.165) is 24.2 Å². The number of hydrogen-bond acceptors (Lipinski definition) is 4. The van der Waals surface area contributed by atoms with E-state index in [1.165, 1.54) is 6.20 Å². The number of likely N-dealkylation sites (N-methyl/N-ethyl adjacent to an activating group) is 1. The molecule has 1 heterocycles. The first-order valence-corrected chi connectivity index (χ1v) is 6.35. The van der Waals surface area contributed by atoms with Crippen molar-refractivity contribution >= 4 is 5.69 Å². The van der Waals surface area contributed by atoms with Gasteiger partial charge in [0.2, 0.25) is 0 Å². The third-order valence-corrected chi connectivity index (χ3v) is 3.24. The lowest BCUT2D eigenvalue weighted by Crippen LogP contribution is -2.32. The maximum atomic E-state index is 10.7. The summed E-state index contributed by atoms with van der Waals surface area (Å²) in [6, 6.07) is 1.91. The highest BCUT2D eigenvalue weighted by atomic mass is 16.6. The van der Waals surface area contributed by atoms with E-state index in [0.29, 0.717) is 6.04 Å². The summed E-state index contributed by atoms with van der Waals surface area (Å²) in [5, 5.41) is 14.1. The van der Waals surface area contributed by atoms with Crippen LogP contribution in [0.4, 0.5) is 5.69 Å². The average molecular weight is 251 g/mol. The van der Waals surface area contributed by atoms with Gasteiger partial charge in [-0.25, -0.2) is 0 Å². The van der Waals surface area contributed by atoms with E-state index >= 15 is 0 Å². The molecule has 0 aromatic carbocycles. The molecule has 0 saturated carbocycles. The Bertz CT molecular complexity index is 421. The zero-order valence-corrected chi connectivity index (χ0v) is 11.4. The maximum absolute atomic E-state index is 10.7. The number of aromatic nitrogens is 1. The summed E-state index contributed by atoms with van der Waals surface area (Å²) in [4.78, 5) is 14.6. The summed E-state index contributed by atoms with van der Waals surface area (Å²) in [5.41, 5.74) is 1.90. The smallest absolute Gasteiger partial charge is 0.287 e. The fourth-order valence-electron chi connectivity index (χ4n) is 2.31. The zero-order valence-electron chi connectivity index (χ0n) is 11.4. The van der Waals surface area contributed by atoms with Gasteiger partial charge in [0.25, 0.3) is 5.69 Å². The second kappa shape index (κ2) is 6.44. The van der Waals surface area contributed by atoms with E-state index in [1.54, 1.807) is 6.07 Å². The Balaban J connectivity index is 3.03. The molecule has 100 valence electrons. The highest BCUT2D eigenvalue weighted by Gasteiger charge is 2.21. The van der Waals surface area contributed by atoms with E-state index in [4.69, 9.17) is 0 Å². The van der Waals surface area contributed by atoms with Gasteiger partial charge in [-0.05, 0) is 32.4 Å². The predicted octanol–water partition coefficient (Wildman–Crippen LogP) is 2.79. The van der Waals surface area contributed by atoms with E-state index in [1.807, 2.05) is 6.92 Å². The van der Waals surface area contributed by atoms with Crippen molar-refractivity contribution in [3.8, 4) is 0 Å². The first-order valence-electron chi connectivity index (χ1n) is 6.35. The van der Waals surface area contributed by atoms with Crippen LogP contribution < -0.4 is 5.32 Å². The molecule has 1 N–H and O–H groups in total. The molecule has 2 unspecified atom stereocenters. The number of rotatable bonds is 6. The fourth-order valence-corrected chi connectivity index (χ4v) is 2.31. The summed E-state index contributed by atoms with van der Waals surface area (Å²) >= 11 is 0.